The molecular weight excluding hydrogens is 262 g/mol. The number of nitro benzene ring substituents is 1. The summed E-state index contributed by atoms with van der Waals surface area (Å²) in [5.41, 5.74) is -0.412. The molecule has 0 radical (unpaired) electrons. The maximum Gasteiger partial charge on any atom is 0.324 e. The van der Waals surface area contributed by atoms with Crippen LogP contribution >= 0.6 is 11.6 Å². The molecule has 1 fully saturated rings. The number of rotatable bonds is 2. The van der Waals surface area contributed by atoms with E-state index in [1.165, 1.54) is 18.2 Å². The Morgan fingerprint density at radius 2 is 2.22 bits per heavy atom. The number of urea groups is 1. The van der Waals surface area contributed by atoms with Crippen molar-refractivity contribution in [1.82, 2.24) is 10.2 Å². The molecule has 1 aromatic carbocycles. The Balaban J connectivity index is 2.39. The predicted molar refractivity (Wildman–Crippen MR) is 62.5 cm³/mol. The van der Waals surface area contributed by atoms with Gasteiger partial charge >= 0.3 is 6.03 Å². The molecule has 18 heavy (non-hydrogen) atoms. The number of nitro groups is 1. The Labute approximate surface area is 106 Å². The van der Waals surface area contributed by atoms with Crippen LogP contribution in [0.15, 0.2) is 18.2 Å². The number of carbonyl (C=O) groups excluding carboxylic acids is 2. The van der Waals surface area contributed by atoms with Crippen LogP contribution in [0.2, 0.25) is 5.02 Å². The molecule has 1 N–H and O–H groups in total. The quantitative estimate of drug-likeness (QED) is 0.649. The number of imide groups is 1. The lowest BCUT2D eigenvalue weighted by molar-refractivity contribution is -0.384. The maximum atomic E-state index is 12.0. The van der Waals surface area contributed by atoms with Gasteiger partial charge in [-0.15, -0.1) is 0 Å². The summed E-state index contributed by atoms with van der Waals surface area (Å²) in [6.07, 6.45) is 0. The van der Waals surface area contributed by atoms with Crippen LogP contribution in [0.1, 0.15) is 10.4 Å². The summed E-state index contributed by atoms with van der Waals surface area (Å²) in [5, 5.41) is 12.9. The van der Waals surface area contributed by atoms with E-state index in [-0.39, 0.29) is 22.8 Å². The summed E-state index contributed by atoms with van der Waals surface area (Å²) in [6, 6.07) is 3.38. The third-order valence-electron chi connectivity index (χ3n) is 2.51. The number of nitrogens with one attached hydrogen (secondary N) is 1. The van der Waals surface area contributed by atoms with E-state index in [1.54, 1.807) is 0 Å². The molecule has 0 saturated carbocycles. The second kappa shape index (κ2) is 4.61. The standard InChI is InChI=1S/C10H8ClN3O4/c11-8-6(2-1-3-7(8)14(17)18)9(15)13-5-4-12-10(13)16/h1-3H,4-5H2,(H,12,16). The molecule has 0 atom stereocenters. The van der Waals surface area contributed by atoms with Gasteiger partial charge < -0.3 is 5.32 Å². The van der Waals surface area contributed by atoms with Gasteiger partial charge in [0.25, 0.3) is 11.6 Å². The van der Waals surface area contributed by atoms with E-state index in [1.807, 2.05) is 0 Å². The van der Waals surface area contributed by atoms with Gasteiger partial charge in [0.15, 0.2) is 0 Å². The van der Waals surface area contributed by atoms with E-state index in [0.29, 0.717) is 6.54 Å². The number of hydrogen-bond donors (Lipinski definition) is 1. The number of carbonyl (C=O) groups is 2. The second-order valence-electron chi connectivity index (χ2n) is 3.58. The van der Waals surface area contributed by atoms with Crippen molar-refractivity contribution in [2.45, 2.75) is 0 Å². The second-order valence-corrected chi connectivity index (χ2v) is 3.96. The van der Waals surface area contributed by atoms with Crippen LogP contribution in [0.5, 0.6) is 0 Å². The number of hydrogen-bond acceptors (Lipinski definition) is 4. The van der Waals surface area contributed by atoms with Crippen LogP contribution in [0, 0.1) is 10.1 Å². The summed E-state index contributed by atoms with van der Waals surface area (Å²) in [6.45, 7) is 0.577. The molecule has 0 aromatic heterocycles. The van der Waals surface area contributed by atoms with Crippen molar-refractivity contribution in [3.63, 3.8) is 0 Å². The molecule has 0 bridgehead atoms. The summed E-state index contributed by atoms with van der Waals surface area (Å²) in [4.78, 5) is 34.3. The van der Waals surface area contributed by atoms with Crippen LogP contribution in [-0.4, -0.2) is 34.9 Å². The Bertz CT molecular complexity index is 546. The first-order valence-corrected chi connectivity index (χ1v) is 5.42. The molecule has 94 valence electrons. The van der Waals surface area contributed by atoms with Crippen LogP contribution in [0.4, 0.5) is 10.5 Å². The highest BCUT2D eigenvalue weighted by molar-refractivity contribution is 6.36. The topological polar surface area (TPSA) is 92.6 Å². The third kappa shape index (κ3) is 2.00. The molecular formula is C10H8ClN3O4. The van der Waals surface area contributed by atoms with Crippen LogP contribution in [-0.2, 0) is 0 Å². The van der Waals surface area contributed by atoms with Gasteiger partial charge in [0.05, 0.1) is 10.5 Å². The lowest BCUT2D eigenvalue weighted by Crippen LogP contribution is -2.34. The zero-order valence-electron chi connectivity index (χ0n) is 9.05. The molecule has 8 heteroatoms. The van der Waals surface area contributed by atoms with Crippen molar-refractivity contribution >= 4 is 29.2 Å². The van der Waals surface area contributed by atoms with Crippen molar-refractivity contribution in [2.75, 3.05) is 13.1 Å². The average Bonchev–Trinajstić information content (AvgIpc) is 2.74. The van der Waals surface area contributed by atoms with Crippen molar-refractivity contribution in [1.29, 1.82) is 0 Å². The van der Waals surface area contributed by atoms with E-state index in [2.05, 4.69) is 5.32 Å². The number of benzene rings is 1. The molecule has 1 heterocycles. The molecule has 7 nitrogen and oxygen atoms in total. The van der Waals surface area contributed by atoms with Gasteiger partial charge in [0.1, 0.15) is 5.02 Å². The molecule has 0 unspecified atom stereocenters. The normalized spacial score (nSPS) is 14.5. The molecule has 0 aliphatic carbocycles. The number of halogens is 1. The van der Waals surface area contributed by atoms with E-state index in [9.17, 15) is 19.7 Å². The zero-order chi connectivity index (χ0) is 13.3. The largest absolute Gasteiger partial charge is 0.336 e. The molecule has 1 saturated heterocycles. The molecule has 3 amide bonds. The lowest BCUT2D eigenvalue weighted by Gasteiger charge is -2.12. The highest BCUT2D eigenvalue weighted by Gasteiger charge is 2.30. The van der Waals surface area contributed by atoms with Crippen molar-refractivity contribution in [2.24, 2.45) is 0 Å². The number of amides is 3. The first kappa shape index (κ1) is 12.3. The van der Waals surface area contributed by atoms with E-state index in [4.69, 9.17) is 11.6 Å². The van der Waals surface area contributed by atoms with Gasteiger partial charge in [-0.1, -0.05) is 17.7 Å². The van der Waals surface area contributed by atoms with E-state index in [0.717, 1.165) is 4.90 Å². The monoisotopic (exact) mass is 269 g/mol. The zero-order valence-corrected chi connectivity index (χ0v) is 9.81. The molecule has 1 aliphatic heterocycles. The highest BCUT2D eigenvalue weighted by Crippen LogP contribution is 2.28. The van der Waals surface area contributed by atoms with Crippen molar-refractivity contribution in [3.8, 4) is 0 Å². The van der Waals surface area contributed by atoms with Gasteiger partial charge in [0, 0.05) is 19.2 Å². The van der Waals surface area contributed by atoms with Gasteiger partial charge in [-0.2, -0.15) is 0 Å². The minimum atomic E-state index is -0.677. The van der Waals surface area contributed by atoms with Crippen LogP contribution in [0.3, 0.4) is 0 Å². The Morgan fingerprint density at radius 3 is 2.78 bits per heavy atom. The summed E-state index contributed by atoms with van der Waals surface area (Å²) in [7, 11) is 0. The number of nitrogens with zero attached hydrogens (tertiary/aromatic N) is 2. The SMILES string of the molecule is O=C1NCCN1C(=O)c1cccc([N+](=O)[O-])c1Cl. The fourth-order valence-electron chi connectivity index (χ4n) is 1.64. The predicted octanol–water partition coefficient (Wildman–Crippen LogP) is 1.41. The fraction of sp³-hybridized carbons (Fsp3) is 0.200. The first-order valence-electron chi connectivity index (χ1n) is 5.05. The van der Waals surface area contributed by atoms with Gasteiger partial charge in [-0.25, -0.2) is 4.79 Å². The highest BCUT2D eigenvalue weighted by atomic mass is 35.5. The summed E-state index contributed by atoms with van der Waals surface area (Å²) in [5.74, 6) is -0.640. The van der Waals surface area contributed by atoms with Crippen molar-refractivity contribution < 1.29 is 14.5 Å². The molecule has 1 aromatic rings. The van der Waals surface area contributed by atoms with Gasteiger partial charge in [-0.05, 0) is 6.07 Å². The molecule has 1 aliphatic rings. The minimum Gasteiger partial charge on any atom is -0.336 e. The lowest BCUT2D eigenvalue weighted by atomic mass is 10.1. The van der Waals surface area contributed by atoms with Crippen molar-refractivity contribution in [3.05, 3.63) is 38.9 Å². The van der Waals surface area contributed by atoms with E-state index < -0.39 is 16.9 Å². The third-order valence-corrected chi connectivity index (χ3v) is 2.90. The van der Waals surface area contributed by atoms with E-state index >= 15 is 0 Å². The summed E-state index contributed by atoms with van der Waals surface area (Å²) < 4.78 is 0. The Kier molecular flexibility index (Phi) is 3.15. The Hall–Kier alpha value is -2.15. The Morgan fingerprint density at radius 1 is 1.50 bits per heavy atom. The van der Waals surface area contributed by atoms with Gasteiger partial charge in [0.2, 0.25) is 0 Å². The van der Waals surface area contributed by atoms with Crippen LogP contribution < -0.4 is 5.32 Å². The van der Waals surface area contributed by atoms with Crippen LogP contribution in [0.25, 0.3) is 0 Å². The molecule has 2 rings (SSSR count). The first-order chi connectivity index (χ1) is 8.52. The van der Waals surface area contributed by atoms with Gasteiger partial charge in [-0.3, -0.25) is 19.8 Å². The minimum absolute atomic E-state index is 0.0529. The summed E-state index contributed by atoms with van der Waals surface area (Å²) >= 11 is 5.80. The maximum absolute atomic E-state index is 12.0. The fourth-order valence-corrected chi connectivity index (χ4v) is 1.91. The average molecular weight is 270 g/mol. The smallest absolute Gasteiger partial charge is 0.324 e. The molecule has 0 spiro atoms.